The molecule has 0 spiro atoms. The molecule has 0 aliphatic heterocycles. The van der Waals surface area contributed by atoms with Gasteiger partial charge in [-0.3, -0.25) is 0 Å². The lowest BCUT2D eigenvalue weighted by Gasteiger charge is -2.18. The van der Waals surface area contributed by atoms with Gasteiger partial charge in [-0.15, -0.1) is 0 Å². The number of nitrogens with two attached hydrogens (primary N) is 1. The first kappa shape index (κ1) is 10.8. The van der Waals surface area contributed by atoms with E-state index in [2.05, 4.69) is 39.9 Å². The third-order valence-electron chi connectivity index (χ3n) is 4.10. The molecule has 4 rings (SSSR count). The Labute approximate surface area is 111 Å². The summed E-state index contributed by atoms with van der Waals surface area (Å²) in [6, 6.07) is 17.0. The zero-order chi connectivity index (χ0) is 12.8. The van der Waals surface area contributed by atoms with Crippen LogP contribution in [0.1, 0.15) is 23.2 Å². The van der Waals surface area contributed by atoms with Crippen molar-refractivity contribution in [3.63, 3.8) is 0 Å². The molecule has 2 N–H and O–H groups in total. The summed E-state index contributed by atoms with van der Waals surface area (Å²) >= 11 is 0. The average Bonchev–Trinajstić information content (AvgIpc) is 3.01. The topological polar surface area (TPSA) is 43.8 Å². The predicted molar refractivity (Wildman–Crippen MR) is 75.8 cm³/mol. The minimum Gasteiger partial charge on any atom is -0.325 e. The van der Waals surface area contributed by atoms with Gasteiger partial charge in [-0.1, -0.05) is 36.4 Å². The molecular formula is C16H15N3. The minimum atomic E-state index is 0.0498. The van der Waals surface area contributed by atoms with Crippen molar-refractivity contribution in [2.45, 2.75) is 18.5 Å². The summed E-state index contributed by atoms with van der Waals surface area (Å²) in [6.07, 6.45) is 2.90. The maximum Gasteiger partial charge on any atom is 0.0961 e. The van der Waals surface area contributed by atoms with E-state index in [9.17, 15) is 0 Å². The molecule has 0 saturated heterocycles. The third kappa shape index (κ3) is 1.52. The fraction of sp³-hybridized carbons (Fsp3) is 0.188. The van der Waals surface area contributed by atoms with Crippen LogP contribution in [0.2, 0.25) is 0 Å². The molecule has 0 saturated carbocycles. The van der Waals surface area contributed by atoms with Gasteiger partial charge in [0.25, 0.3) is 0 Å². The molecule has 0 fully saturated rings. The van der Waals surface area contributed by atoms with Crippen molar-refractivity contribution >= 4 is 11.0 Å². The fourth-order valence-electron chi connectivity index (χ4n) is 3.12. The van der Waals surface area contributed by atoms with Gasteiger partial charge in [0.05, 0.1) is 29.4 Å². The second-order valence-electron chi connectivity index (χ2n) is 5.14. The van der Waals surface area contributed by atoms with Crippen molar-refractivity contribution in [3.05, 3.63) is 66.0 Å². The minimum absolute atomic E-state index is 0.0498. The van der Waals surface area contributed by atoms with Crippen LogP contribution < -0.4 is 5.73 Å². The van der Waals surface area contributed by atoms with Gasteiger partial charge in [-0.2, -0.15) is 0 Å². The lowest BCUT2D eigenvalue weighted by atomic mass is 10.1. The van der Waals surface area contributed by atoms with Gasteiger partial charge in [0.15, 0.2) is 0 Å². The highest BCUT2D eigenvalue weighted by Gasteiger charge is 2.31. The zero-order valence-corrected chi connectivity index (χ0v) is 10.5. The lowest BCUT2D eigenvalue weighted by Crippen LogP contribution is -2.20. The molecule has 2 unspecified atom stereocenters. The Morgan fingerprint density at radius 2 is 1.84 bits per heavy atom. The SMILES string of the molecule is NC1c2ccccc2CC1n1cnc2ccccc21. The summed E-state index contributed by atoms with van der Waals surface area (Å²) in [5.41, 5.74) is 11.2. The number of hydrogen-bond donors (Lipinski definition) is 1. The summed E-state index contributed by atoms with van der Waals surface area (Å²) in [7, 11) is 0. The molecule has 3 nitrogen and oxygen atoms in total. The molecule has 1 heterocycles. The number of imidazole rings is 1. The third-order valence-corrected chi connectivity index (χ3v) is 4.10. The number of hydrogen-bond acceptors (Lipinski definition) is 2. The molecule has 0 amide bonds. The van der Waals surface area contributed by atoms with E-state index in [1.165, 1.54) is 11.1 Å². The Bertz CT molecular complexity index is 744. The number of aromatic nitrogens is 2. The van der Waals surface area contributed by atoms with Crippen LogP contribution in [-0.4, -0.2) is 9.55 Å². The first-order valence-electron chi connectivity index (χ1n) is 6.59. The summed E-state index contributed by atoms with van der Waals surface area (Å²) in [4.78, 5) is 4.47. The second-order valence-corrected chi connectivity index (χ2v) is 5.14. The predicted octanol–water partition coefficient (Wildman–Crippen LogP) is 2.83. The van der Waals surface area contributed by atoms with Crippen LogP contribution in [0, 0.1) is 0 Å². The fourth-order valence-corrected chi connectivity index (χ4v) is 3.12. The molecule has 1 aromatic heterocycles. The Hall–Kier alpha value is -2.13. The van der Waals surface area contributed by atoms with Crippen LogP contribution in [0.4, 0.5) is 0 Å². The molecule has 0 radical (unpaired) electrons. The maximum absolute atomic E-state index is 6.42. The Balaban J connectivity index is 1.83. The average molecular weight is 249 g/mol. The van der Waals surface area contributed by atoms with E-state index in [-0.39, 0.29) is 12.1 Å². The molecular weight excluding hydrogens is 234 g/mol. The second kappa shape index (κ2) is 3.93. The number of nitrogens with zero attached hydrogens (tertiary/aromatic N) is 2. The quantitative estimate of drug-likeness (QED) is 0.720. The zero-order valence-electron chi connectivity index (χ0n) is 10.5. The molecule has 0 bridgehead atoms. The molecule has 1 aliphatic carbocycles. The standard InChI is InChI=1S/C16H15N3/c17-16-12-6-2-1-5-11(12)9-15(16)19-10-18-13-7-3-4-8-14(13)19/h1-8,10,15-16H,9,17H2. The van der Waals surface area contributed by atoms with Crippen LogP contribution in [0.15, 0.2) is 54.9 Å². The smallest absolute Gasteiger partial charge is 0.0961 e. The maximum atomic E-state index is 6.42. The van der Waals surface area contributed by atoms with E-state index in [1.54, 1.807) is 0 Å². The molecule has 3 heteroatoms. The van der Waals surface area contributed by atoms with Gasteiger partial charge >= 0.3 is 0 Å². The monoisotopic (exact) mass is 249 g/mol. The normalized spacial score (nSPS) is 21.7. The van der Waals surface area contributed by atoms with Gasteiger partial charge < -0.3 is 10.3 Å². The molecule has 1 aliphatic rings. The number of rotatable bonds is 1. The summed E-state index contributed by atoms with van der Waals surface area (Å²) in [5, 5.41) is 0. The summed E-state index contributed by atoms with van der Waals surface area (Å²) in [6.45, 7) is 0. The van der Waals surface area contributed by atoms with E-state index in [4.69, 9.17) is 5.73 Å². The van der Waals surface area contributed by atoms with Crippen LogP contribution in [0.5, 0.6) is 0 Å². The molecule has 2 aromatic carbocycles. The van der Waals surface area contributed by atoms with E-state index < -0.39 is 0 Å². The van der Waals surface area contributed by atoms with Crippen molar-refractivity contribution in [2.75, 3.05) is 0 Å². The van der Waals surface area contributed by atoms with Gasteiger partial charge in [0.1, 0.15) is 0 Å². The first-order chi connectivity index (χ1) is 9.34. The molecule has 2 atom stereocenters. The van der Waals surface area contributed by atoms with E-state index in [0.29, 0.717) is 0 Å². The van der Waals surface area contributed by atoms with Crippen molar-refractivity contribution < 1.29 is 0 Å². The number of para-hydroxylation sites is 2. The van der Waals surface area contributed by atoms with Crippen LogP contribution in [0.3, 0.4) is 0 Å². The lowest BCUT2D eigenvalue weighted by molar-refractivity contribution is 0.460. The van der Waals surface area contributed by atoms with Crippen molar-refractivity contribution in [2.24, 2.45) is 5.73 Å². The highest BCUT2D eigenvalue weighted by atomic mass is 15.1. The molecule has 94 valence electrons. The van der Waals surface area contributed by atoms with Crippen LogP contribution >= 0.6 is 0 Å². The van der Waals surface area contributed by atoms with Crippen LogP contribution in [0.25, 0.3) is 11.0 Å². The largest absolute Gasteiger partial charge is 0.325 e. The van der Waals surface area contributed by atoms with E-state index in [0.717, 1.165) is 17.5 Å². The van der Waals surface area contributed by atoms with Crippen molar-refractivity contribution in [1.82, 2.24) is 9.55 Å². The number of benzene rings is 2. The Morgan fingerprint density at radius 3 is 2.74 bits per heavy atom. The highest BCUT2D eigenvalue weighted by molar-refractivity contribution is 5.75. The van der Waals surface area contributed by atoms with Gasteiger partial charge in [-0.05, 0) is 29.7 Å². The summed E-state index contributed by atoms with van der Waals surface area (Å²) in [5.74, 6) is 0. The van der Waals surface area contributed by atoms with E-state index in [1.807, 2.05) is 24.5 Å². The number of fused-ring (bicyclic) bond motifs is 2. The molecule has 19 heavy (non-hydrogen) atoms. The summed E-state index contributed by atoms with van der Waals surface area (Å²) < 4.78 is 2.22. The Kier molecular flexibility index (Phi) is 2.23. The van der Waals surface area contributed by atoms with Crippen molar-refractivity contribution in [3.8, 4) is 0 Å². The first-order valence-corrected chi connectivity index (χ1v) is 6.59. The van der Waals surface area contributed by atoms with Gasteiger partial charge in [0.2, 0.25) is 0 Å². The van der Waals surface area contributed by atoms with Gasteiger partial charge in [0, 0.05) is 0 Å². The van der Waals surface area contributed by atoms with Crippen LogP contribution in [-0.2, 0) is 6.42 Å². The van der Waals surface area contributed by atoms with Crippen molar-refractivity contribution in [1.29, 1.82) is 0 Å². The molecule has 3 aromatic rings. The highest BCUT2D eigenvalue weighted by Crippen LogP contribution is 2.38. The Morgan fingerprint density at radius 1 is 1.05 bits per heavy atom. The van der Waals surface area contributed by atoms with Gasteiger partial charge in [-0.25, -0.2) is 4.98 Å². The van der Waals surface area contributed by atoms with E-state index >= 15 is 0 Å².